The molecule has 0 radical (unpaired) electrons. The van der Waals surface area contributed by atoms with Gasteiger partial charge in [-0.25, -0.2) is 13.4 Å². The summed E-state index contributed by atoms with van der Waals surface area (Å²) in [4.78, 5) is 4.30. The van der Waals surface area contributed by atoms with Crippen LogP contribution in [0.3, 0.4) is 0 Å². The molecule has 1 heterocycles. The van der Waals surface area contributed by atoms with Crippen LogP contribution in [0.2, 0.25) is 0 Å². The third kappa shape index (κ3) is 4.43. The average Bonchev–Trinajstić information content (AvgIpc) is 2.65. The van der Waals surface area contributed by atoms with Crippen LogP contribution in [0, 0.1) is 20.8 Å². The highest BCUT2D eigenvalue weighted by Crippen LogP contribution is 2.27. The van der Waals surface area contributed by atoms with Crippen molar-refractivity contribution in [3.63, 3.8) is 0 Å². The average molecular weight is 398 g/mol. The van der Waals surface area contributed by atoms with Crippen molar-refractivity contribution in [2.24, 2.45) is 0 Å². The Labute approximate surface area is 165 Å². The Hall–Kier alpha value is -3.06. The first-order chi connectivity index (χ1) is 13.3. The molecule has 28 heavy (non-hydrogen) atoms. The minimum atomic E-state index is -3.82. The Morgan fingerprint density at radius 1 is 0.929 bits per heavy atom. The Kier molecular flexibility index (Phi) is 5.56. The van der Waals surface area contributed by atoms with Crippen molar-refractivity contribution in [2.45, 2.75) is 25.7 Å². The third-order valence-corrected chi connectivity index (χ3v) is 5.65. The predicted octanol–water partition coefficient (Wildman–Crippen LogP) is 4.56. The van der Waals surface area contributed by atoms with E-state index in [1.165, 1.54) is 12.7 Å². The van der Waals surface area contributed by atoms with E-state index in [0.717, 1.165) is 22.5 Å². The van der Waals surface area contributed by atoms with Gasteiger partial charge in [-0.05, 0) is 62.2 Å². The van der Waals surface area contributed by atoms with Gasteiger partial charge < -0.3 is 10.1 Å². The second-order valence-corrected chi connectivity index (χ2v) is 8.29. The number of ether oxygens (including phenoxy) is 1. The Balaban J connectivity index is 1.79. The number of hydrogen-bond donors (Lipinski definition) is 2. The monoisotopic (exact) mass is 397 g/mol. The molecule has 3 rings (SSSR count). The van der Waals surface area contributed by atoms with Crippen LogP contribution in [-0.2, 0) is 10.0 Å². The normalized spacial score (nSPS) is 11.1. The molecule has 0 bridgehead atoms. The number of anilines is 3. The number of benzene rings is 2. The van der Waals surface area contributed by atoms with Gasteiger partial charge in [-0.3, -0.25) is 4.72 Å². The summed E-state index contributed by atoms with van der Waals surface area (Å²) in [6, 6.07) is 14.5. The molecule has 3 aromatic rings. The Bertz CT molecular complexity index is 1090. The fraction of sp³-hybridized carbons (Fsp3) is 0.190. The second kappa shape index (κ2) is 7.90. The van der Waals surface area contributed by atoms with E-state index in [1.54, 1.807) is 36.5 Å². The quantitative estimate of drug-likeness (QED) is 0.637. The fourth-order valence-electron chi connectivity index (χ4n) is 2.82. The van der Waals surface area contributed by atoms with E-state index in [2.05, 4.69) is 21.1 Å². The molecule has 0 atom stereocenters. The molecule has 0 amide bonds. The predicted molar refractivity (Wildman–Crippen MR) is 112 cm³/mol. The van der Waals surface area contributed by atoms with E-state index in [1.807, 2.05) is 32.9 Å². The molecule has 7 heteroatoms. The second-order valence-electron chi connectivity index (χ2n) is 6.64. The van der Waals surface area contributed by atoms with Gasteiger partial charge in [0, 0.05) is 5.69 Å². The van der Waals surface area contributed by atoms with Crippen LogP contribution >= 0.6 is 0 Å². The van der Waals surface area contributed by atoms with E-state index < -0.39 is 10.0 Å². The van der Waals surface area contributed by atoms with Crippen LogP contribution < -0.4 is 14.8 Å². The molecule has 0 aliphatic carbocycles. The summed E-state index contributed by atoms with van der Waals surface area (Å²) in [5.74, 6) is 0.515. The molecule has 0 saturated heterocycles. The van der Waals surface area contributed by atoms with E-state index >= 15 is 0 Å². The maximum absolute atomic E-state index is 12.7. The zero-order valence-corrected chi connectivity index (χ0v) is 17.1. The van der Waals surface area contributed by atoms with Gasteiger partial charge >= 0.3 is 0 Å². The maximum Gasteiger partial charge on any atom is 0.266 e. The maximum atomic E-state index is 12.7. The summed E-state index contributed by atoms with van der Waals surface area (Å²) in [5, 5.41) is 3.29. The lowest BCUT2D eigenvalue weighted by Gasteiger charge is -2.13. The van der Waals surface area contributed by atoms with E-state index in [9.17, 15) is 8.42 Å². The van der Waals surface area contributed by atoms with Crippen LogP contribution in [0.4, 0.5) is 17.2 Å². The van der Waals surface area contributed by atoms with E-state index in [-0.39, 0.29) is 16.5 Å². The SMILES string of the molecule is COc1ccc(C)cc1S(=O)(=O)Nc1ccc(Nc2ccc(C)cc2C)cn1. The number of nitrogens with one attached hydrogen (secondary N) is 2. The summed E-state index contributed by atoms with van der Waals surface area (Å²) < 4.78 is 33.2. The number of rotatable bonds is 6. The lowest BCUT2D eigenvalue weighted by atomic mass is 10.1. The lowest BCUT2D eigenvalue weighted by molar-refractivity contribution is 0.402. The molecule has 0 spiro atoms. The highest BCUT2D eigenvalue weighted by molar-refractivity contribution is 7.92. The number of pyridine rings is 1. The van der Waals surface area contributed by atoms with Gasteiger partial charge in [-0.2, -0.15) is 0 Å². The highest BCUT2D eigenvalue weighted by Gasteiger charge is 2.20. The third-order valence-electron chi connectivity index (χ3n) is 4.27. The lowest BCUT2D eigenvalue weighted by Crippen LogP contribution is -2.15. The molecule has 6 nitrogen and oxygen atoms in total. The molecule has 1 aromatic heterocycles. The van der Waals surface area contributed by atoms with Crippen LogP contribution in [0.5, 0.6) is 5.75 Å². The van der Waals surface area contributed by atoms with Crippen molar-refractivity contribution < 1.29 is 13.2 Å². The van der Waals surface area contributed by atoms with Gasteiger partial charge in [-0.15, -0.1) is 0 Å². The number of nitrogens with zero attached hydrogens (tertiary/aromatic N) is 1. The molecule has 146 valence electrons. The number of aromatic nitrogens is 1. The van der Waals surface area contributed by atoms with Crippen molar-refractivity contribution in [3.8, 4) is 5.75 Å². The summed E-state index contributed by atoms with van der Waals surface area (Å²) in [6.07, 6.45) is 1.59. The zero-order chi connectivity index (χ0) is 20.3. The highest BCUT2D eigenvalue weighted by atomic mass is 32.2. The molecule has 0 unspecified atom stereocenters. The molecule has 0 saturated carbocycles. The number of hydrogen-bond acceptors (Lipinski definition) is 5. The molecule has 2 N–H and O–H groups in total. The van der Waals surface area contributed by atoms with Crippen molar-refractivity contribution >= 4 is 27.2 Å². The first-order valence-corrected chi connectivity index (χ1v) is 10.2. The van der Waals surface area contributed by atoms with Gasteiger partial charge in [0.05, 0.1) is 19.0 Å². The van der Waals surface area contributed by atoms with Gasteiger partial charge in [-0.1, -0.05) is 23.8 Å². The number of sulfonamides is 1. The summed E-state index contributed by atoms with van der Waals surface area (Å²) in [7, 11) is -2.38. The fourth-order valence-corrected chi connectivity index (χ4v) is 4.09. The number of aryl methyl sites for hydroxylation is 3. The molecular weight excluding hydrogens is 374 g/mol. The minimum Gasteiger partial charge on any atom is -0.495 e. The summed E-state index contributed by atoms with van der Waals surface area (Å²) >= 11 is 0. The molecule has 0 fully saturated rings. The smallest absolute Gasteiger partial charge is 0.266 e. The molecule has 2 aromatic carbocycles. The van der Waals surface area contributed by atoms with Crippen molar-refractivity contribution in [3.05, 3.63) is 71.4 Å². The van der Waals surface area contributed by atoms with Crippen LogP contribution in [0.25, 0.3) is 0 Å². The van der Waals surface area contributed by atoms with E-state index in [4.69, 9.17) is 4.74 Å². The molecular formula is C21H23N3O3S. The first-order valence-electron chi connectivity index (χ1n) is 8.76. The first kappa shape index (κ1) is 19.7. The molecule has 0 aliphatic heterocycles. The number of methoxy groups -OCH3 is 1. The van der Waals surface area contributed by atoms with Crippen LogP contribution in [-0.4, -0.2) is 20.5 Å². The van der Waals surface area contributed by atoms with E-state index in [0.29, 0.717) is 0 Å². The topological polar surface area (TPSA) is 80.3 Å². The summed E-state index contributed by atoms with van der Waals surface area (Å²) in [6.45, 7) is 5.90. The molecule has 0 aliphatic rings. The standard InChI is InChI=1S/C21H23N3O3S/c1-14-5-8-18(16(3)11-14)23-17-7-10-21(22-13-17)24-28(25,26)20-12-15(2)6-9-19(20)27-4/h5-13,23H,1-4H3,(H,22,24). The van der Waals surface area contributed by atoms with Gasteiger partial charge in [0.1, 0.15) is 16.5 Å². The van der Waals surface area contributed by atoms with Gasteiger partial charge in [0.15, 0.2) is 0 Å². The van der Waals surface area contributed by atoms with Gasteiger partial charge in [0.2, 0.25) is 0 Å². The van der Waals surface area contributed by atoms with Crippen molar-refractivity contribution in [2.75, 3.05) is 17.1 Å². The zero-order valence-electron chi connectivity index (χ0n) is 16.3. The van der Waals surface area contributed by atoms with Crippen LogP contribution in [0.15, 0.2) is 59.6 Å². The van der Waals surface area contributed by atoms with Crippen LogP contribution in [0.1, 0.15) is 16.7 Å². The minimum absolute atomic E-state index is 0.0780. The Morgan fingerprint density at radius 3 is 2.29 bits per heavy atom. The van der Waals surface area contributed by atoms with Crippen molar-refractivity contribution in [1.29, 1.82) is 0 Å². The Morgan fingerprint density at radius 2 is 1.64 bits per heavy atom. The largest absolute Gasteiger partial charge is 0.495 e. The van der Waals surface area contributed by atoms with Crippen molar-refractivity contribution in [1.82, 2.24) is 4.98 Å². The summed E-state index contributed by atoms with van der Waals surface area (Å²) in [5.41, 5.74) is 4.88. The van der Waals surface area contributed by atoms with Gasteiger partial charge in [0.25, 0.3) is 10.0 Å².